The van der Waals surface area contributed by atoms with Gasteiger partial charge in [-0.05, 0) is 31.1 Å². The van der Waals surface area contributed by atoms with Crippen LogP contribution in [-0.2, 0) is 28.6 Å². The van der Waals surface area contributed by atoms with E-state index in [0.29, 0.717) is 19.3 Å². The molecule has 0 fully saturated rings. The van der Waals surface area contributed by atoms with Gasteiger partial charge in [-0.2, -0.15) is 0 Å². The lowest BCUT2D eigenvalue weighted by molar-refractivity contribution is -0.167. The van der Waals surface area contributed by atoms with E-state index >= 15 is 0 Å². The molecule has 0 radical (unpaired) electrons. The van der Waals surface area contributed by atoms with Crippen molar-refractivity contribution in [3.8, 4) is 0 Å². The van der Waals surface area contributed by atoms with Gasteiger partial charge in [-0.3, -0.25) is 14.4 Å². The van der Waals surface area contributed by atoms with Gasteiger partial charge >= 0.3 is 17.9 Å². The van der Waals surface area contributed by atoms with Crippen molar-refractivity contribution in [2.75, 3.05) is 13.2 Å². The quantitative estimate of drug-likeness (QED) is 0.0345. The van der Waals surface area contributed by atoms with Crippen molar-refractivity contribution in [2.45, 2.75) is 304 Å². The molecule has 0 N–H and O–H groups in total. The van der Waals surface area contributed by atoms with E-state index in [0.717, 1.165) is 69.6 Å². The summed E-state index contributed by atoms with van der Waals surface area (Å²) in [7, 11) is 0. The van der Waals surface area contributed by atoms with Crippen LogP contribution in [0.5, 0.6) is 0 Å². The summed E-state index contributed by atoms with van der Waals surface area (Å²) in [6, 6.07) is 0. The lowest BCUT2D eigenvalue weighted by Crippen LogP contribution is -2.30. The maximum absolute atomic E-state index is 12.8. The summed E-state index contributed by atoms with van der Waals surface area (Å²) in [5.74, 6) is 0.811. The SMILES string of the molecule is CCCCCCCCCCCCCCCC(=O)OC[C@@H](COC(=O)CCCCCCCCCCCCC(C)C)OC(=O)CCCCCCCCCCCCCCCC(C)C. The van der Waals surface area contributed by atoms with E-state index in [9.17, 15) is 14.4 Å². The fourth-order valence-electron chi connectivity index (χ4n) is 8.17. The summed E-state index contributed by atoms with van der Waals surface area (Å²) < 4.78 is 16.8. The molecule has 0 aromatic heterocycles. The van der Waals surface area contributed by atoms with Gasteiger partial charge in [0.25, 0.3) is 0 Å². The van der Waals surface area contributed by atoms with Gasteiger partial charge in [-0.15, -0.1) is 0 Å². The Morgan fingerprint density at radius 3 is 0.817 bits per heavy atom. The molecule has 0 saturated heterocycles. The van der Waals surface area contributed by atoms with Crippen LogP contribution in [0.15, 0.2) is 0 Å². The van der Waals surface area contributed by atoms with Crippen LogP contribution in [0.25, 0.3) is 0 Å². The number of rotatable bonds is 48. The maximum atomic E-state index is 12.8. The molecule has 0 bridgehead atoms. The monoisotopic (exact) mass is 849 g/mol. The largest absolute Gasteiger partial charge is 0.462 e. The molecule has 0 amide bonds. The van der Waals surface area contributed by atoms with E-state index < -0.39 is 6.10 Å². The summed E-state index contributed by atoms with van der Waals surface area (Å²) in [4.78, 5) is 38.0. The first-order valence-electron chi connectivity index (χ1n) is 26.7. The number of unbranched alkanes of at least 4 members (excludes halogenated alkanes) is 33. The number of ether oxygens (including phenoxy) is 3. The Morgan fingerprint density at radius 2 is 0.550 bits per heavy atom. The zero-order valence-electron chi connectivity index (χ0n) is 41.1. The molecule has 60 heavy (non-hydrogen) atoms. The second-order valence-corrected chi connectivity index (χ2v) is 19.5. The van der Waals surface area contributed by atoms with Gasteiger partial charge < -0.3 is 14.2 Å². The van der Waals surface area contributed by atoms with Crippen molar-refractivity contribution >= 4 is 17.9 Å². The number of esters is 3. The van der Waals surface area contributed by atoms with Crippen molar-refractivity contribution in [3.05, 3.63) is 0 Å². The number of carbonyl (C=O) groups is 3. The van der Waals surface area contributed by atoms with E-state index in [1.165, 1.54) is 186 Å². The normalized spacial score (nSPS) is 12.1. The second-order valence-electron chi connectivity index (χ2n) is 19.5. The van der Waals surface area contributed by atoms with Gasteiger partial charge in [-0.1, -0.05) is 259 Å². The fourth-order valence-corrected chi connectivity index (χ4v) is 8.17. The van der Waals surface area contributed by atoms with E-state index in [-0.39, 0.29) is 31.1 Å². The standard InChI is InChI=1S/C54H104O6/c1-6-7-8-9-10-11-12-14-18-24-29-34-39-44-52(55)58-47-51(48-59-53(56)45-40-35-30-25-21-20-23-28-33-38-43-50(4)5)60-54(57)46-41-36-31-26-19-16-13-15-17-22-27-32-37-42-49(2)3/h49-51H,6-48H2,1-5H3/t51-/m0/s1. The molecule has 0 aliphatic heterocycles. The van der Waals surface area contributed by atoms with Crippen molar-refractivity contribution in [2.24, 2.45) is 11.8 Å². The molecule has 0 aromatic rings. The number of hydrogen-bond acceptors (Lipinski definition) is 6. The van der Waals surface area contributed by atoms with Crippen LogP contribution < -0.4 is 0 Å². The minimum Gasteiger partial charge on any atom is -0.462 e. The molecule has 356 valence electrons. The third kappa shape index (κ3) is 47.5. The summed E-state index contributed by atoms with van der Waals surface area (Å²) in [6.45, 7) is 11.4. The minimum absolute atomic E-state index is 0.0633. The molecule has 0 spiro atoms. The maximum Gasteiger partial charge on any atom is 0.306 e. The zero-order valence-corrected chi connectivity index (χ0v) is 41.1. The Kier molecular flexibility index (Phi) is 45.7. The zero-order chi connectivity index (χ0) is 44.0. The molecule has 0 saturated carbocycles. The summed E-state index contributed by atoms with van der Waals surface area (Å²) in [5.41, 5.74) is 0. The first-order chi connectivity index (χ1) is 29.2. The third-order valence-electron chi connectivity index (χ3n) is 12.2. The van der Waals surface area contributed by atoms with Crippen molar-refractivity contribution in [1.82, 2.24) is 0 Å². The molecule has 1 atom stereocenters. The summed E-state index contributed by atoms with van der Waals surface area (Å²) in [5, 5.41) is 0. The topological polar surface area (TPSA) is 78.9 Å². The molecule has 0 aliphatic carbocycles. The van der Waals surface area contributed by atoms with E-state index in [1.54, 1.807) is 0 Å². The van der Waals surface area contributed by atoms with Crippen LogP contribution in [0.1, 0.15) is 298 Å². The van der Waals surface area contributed by atoms with Gasteiger partial charge in [-0.25, -0.2) is 0 Å². The van der Waals surface area contributed by atoms with Gasteiger partial charge in [0.2, 0.25) is 0 Å². The Hall–Kier alpha value is -1.59. The highest BCUT2D eigenvalue weighted by atomic mass is 16.6. The fraction of sp³-hybridized carbons (Fsp3) is 0.944. The second kappa shape index (κ2) is 46.9. The summed E-state index contributed by atoms with van der Waals surface area (Å²) in [6.07, 6.45) is 48.0. The van der Waals surface area contributed by atoms with Crippen LogP contribution in [0, 0.1) is 11.8 Å². The third-order valence-corrected chi connectivity index (χ3v) is 12.2. The van der Waals surface area contributed by atoms with Crippen molar-refractivity contribution < 1.29 is 28.6 Å². The first kappa shape index (κ1) is 58.4. The Morgan fingerprint density at radius 1 is 0.317 bits per heavy atom. The van der Waals surface area contributed by atoms with Crippen LogP contribution in [0.2, 0.25) is 0 Å². The molecule has 6 heteroatoms. The smallest absolute Gasteiger partial charge is 0.306 e. The lowest BCUT2D eigenvalue weighted by Gasteiger charge is -2.18. The van der Waals surface area contributed by atoms with Gasteiger partial charge in [0.05, 0.1) is 0 Å². The molecule has 0 heterocycles. The molecular weight excluding hydrogens is 745 g/mol. The van der Waals surface area contributed by atoms with E-state index in [1.807, 2.05) is 0 Å². The van der Waals surface area contributed by atoms with Crippen LogP contribution in [0.4, 0.5) is 0 Å². The molecule has 6 nitrogen and oxygen atoms in total. The highest BCUT2D eigenvalue weighted by Crippen LogP contribution is 2.17. The predicted molar refractivity (Wildman–Crippen MR) is 256 cm³/mol. The van der Waals surface area contributed by atoms with Crippen LogP contribution >= 0.6 is 0 Å². The molecule has 0 aromatic carbocycles. The highest BCUT2D eigenvalue weighted by Gasteiger charge is 2.19. The van der Waals surface area contributed by atoms with Crippen LogP contribution in [0.3, 0.4) is 0 Å². The van der Waals surface area contributed by atoms with Crippen molar-refractivity contribution in [3.63, 3.8) is 0 Å². The van der Waals surface area contributed by atoms with E-state index in [4.69, 9.17) is 14.2 Å². The minimum atomic E-state index is -0.762. The van der Waals surface area contributed by atoms with Gasteiger partial charge in [0, 0.05) is 19.3 Å². The lowest BCUT2D eigenvalue weighted by atomic mass is 10.0. The van der Waals surface area contributed by atoms with Gasteiger partial charge in [0.15, 0.2) is 6.10 Å². The predicted octanol–water partition coefficient (Wildman–Crippen LogP) is 17.3. The number of hydrogen-bond donors (Lipinski definition) is 0. The summed E-state index contributed by atoms with van der Waals surface area (Å²) >= 11 is 0. The average molecular weight is 849 g/mol. The molecule has 0 aliphatic rings. The Balaban J connectivity index is 4.31. The first-order valence-corrected chi connectivity index (χ1v) is 26.7. The number of carbonyl (C=O) groups excluding carboxylic acids is 3. The Bertz CT molecular complexity index is 916. The van der Waals surface area contributed by atoms with Crippen molar-refractivity contribution in [1.29, 1.82) is 0 Å². The van der Waals surface area contributed by atoms with Crippen LogP contribution in [-0.4, -0.2) is 37.2 Å². The Labute approximate surface area is 374 Å². The molecule has 0 unspecified atom stereocenters. The van der Waals surface area contributed by atoms with Gasteiger partial charge in [0.1, 0.15) is 13.2 Å². The highest BCUT2D eigenvalue weighted by molar-refractivity contribution is 5.71. The molecular formula is C54H104O6. The van der Waals surface area contributed by atoms with E-state index in [2.05, 4.69) is 34.6 Å². The average Bonchev–Trinajstić information content (AvgIpc) is 3.22. The molecule has 0 rings (SSSR count).